The Morgan fingerprint density at radius 1 is 1.21 bits per heavy atom. The number of benzene rings is 1. The Hall–Kier alpha value is -1.35. The molecule has 19 heavy (non-hydrogen) atoms. The summed E-state index contributed by atoms with van der Waals surface area (Å²) in [7, 11) is 0. The predicted octanol–water partition coefficient (Wildman–Crippen LogP) is 2.40. The minimum Gasteiger partial charge on any atom is -0.343 e. The van der Waals surface area contributed by atoms with Crippen LogP contribution in [0, 0.1) is 13.8 Å². The van der Waals surface area contributed by atoms with Crippen LogP contribution in [0.4, 0.5) is 0 Å². The second kappa shape index (κ2) is 6.20. The molecule has 0 aromatic heterocycles. The normalized spacial score (nSPS) is 16.7. The van der Waals surface area contributed by atoms with Crippen LogP contribution >= 0.6 is 0 Å². The molecule has 0 unspecified atom stereocenters. The van der Waals surface area contributed by atoms with E-state index in [0.29, 0.717) is 6.04 Å². The van der Waals surface area contributed by atoms with Crippen molar-refractivity contribution >= 4 is 5.91 Å². The molecule has 1 aromatic rings. The molecule has 1 fully saturated rings. The second-order valence-electron chi connectivity index (χ2n) is 5.66. The van der Waals surface area contributed by atoms with Gasteiger partial charge in [0.05, 0.1) is 0 Å². The molecule has 2 rings (SSSR count). The molecule has 0 radical (unpaired) electrons. The lowest BCUT2D eigenvalue weighted by atomic mass is 10.0. The van der Waals surface area contributed by atoms with Crippen LogP contribution in [0.15, 0.2) is 18.2 Å². The van der Waals surface area contributed by atoms with E-state index in [2.05, 4.69) is 37.4 Å². The zero-order valence-electron chi connectivity index (χ0n) is 12.2. The van der Waals surface area contributed by atoms with Gasteiger partial charge in [-0.3, -0.25) is 4.79 Å². The summed E-state index contributed by atoms with van der Waals surface area (Å²) in [5.74, 6) is 0.202. The minimum absolute atomic E-state index is 0.202. The van der Waals surface area contributed by atoms with E-state index in [9.17, 15) is 4.79 Å². The Morgan fingerprint density at radius 3 is 2.32 bits per heavy atom. The number of carbonyl (C=O) groups is 1. The maximum atomic E-state index is 11.3. The molecule has 1 heterocycles. The summed E-state index contributed by atoms with van der Waals surface area (Å²) < 4.78 is 0. The number of nitrogens with one attached hydrogen (secondary N) is 1. The highest BCUT2D eigenvalue weighted by Crippen LogP contribution is 2.13. The summed E-state index contributed by atoms with van der Waals surface area (Å²) in [4.78, 5) is 13.2. The topological polar surface area (TPSA) is 32.3 Å². The maximum absolute atomic E-state index is 11.3. The number of amides is 1. The third-order valence-electron chi connectivity index (χ3n) is 3.82. The Kier molecular flexibility index (Phi) is 4.59. The predicted molar refractivity (Wildman–Crippen MR) is 78.0 cm³/mol. The van der Waals surface area contributed by atoms with Gasteiger partial charge in [-0.15, -0.1) is 0 Å². The van der Waals surface area contributed by atoms with Crippen molar-refractivity contribution in [3.8, 4) is 0 Å². The Morgan fingerprint density at radius 2 is 1.79 bits per heavy atom. The van der Waals surface area contributed by atoms with Crippen molar-refractivity contribution in [3.05, 3.63) is 34.9 Å². The SMILES string of the molecule is CC(=O)N1CCC(NCc2cc(C)cc(C)c2)CC1. The van der Waals surface area contributed by atoms with Gasteiger partial charge >= 0.3 is 0 Å². The van der Waals surface area contributed by atoms with E-state index < -0.39 is 0 Å². The first-order valence-electron chi connectivity index (χ1n) is 7.10. The zero-order valence-corrected chi connectivity index (χ0v) is 12.2. The van der Waals surface area contributed by atoms with Crippen LogP contribution in [0.3, 0.4) is 0 Å². The molecule has 0 bridgehead atoms. The molecule has 3 heteroatoms. The average molecular weight is 260 g/mol. The van der Waals surface area contributed by atoms with Gasteiger partial charge in [-0.25, -0.2) is 0 Å². The maximum Gasteiger partial charge on any atom is 0.219 e. The van der Waals surface area contributed by atoms with Gasteiger partial charge in [0.15, 0.2) is 0 Å². The summed E-state index contributed by atoms with van der Waals surface area (Å²) in [5.41, 5.74) is 4.00. The minimum atomic E-state index is 0.202. The number of nitrogens with zero attached hydrogens (tertiary/aromatic N) is 1. The van der Waals surface area contributed by atoms with E-state index in [1.165, 1.54) is 16.7 Å². The van der Waals surface area contributed by atoms with Crippen LogP contribution in [-0.4, -0.2) is 29.9 Å². The first kappa shape index (κ1) is 14.1. The van der Waals surface area contributed by atoms with Crippen LogP contribution in [0.25, 0.3) is 0 Å². The van der Waals surface area contributed by atoms with Crippen molar-refractivity contribution in [2.75, 3.05) is 13.1 Å². The molecule has 3 nitrogen and oxygen atoms in total. The summed E-state index contributed by atoms with van der Waals surface area (Å²) in [5, 5.41) is 3.61. The zero-order chi connectivity index (χ0) is 13.8. The van der Waals surface area contributed by atoms with Crippen molar-refractivity contribution < 1.29 is 4.79 Å². The molecular formula is C16H24N2O. The highest BCUT2D eigenvalue weighted by atomic mass is 16.2. The molecule has 1 amide bonds. The van der Waals surface area contributed by atoms with Crippen LogP contribution in [0.2, 0.25) is 0 Å². The van der Waals surface area contributed by atoms with E-state index in [4.69, 9.17) is 0 Å². The molecule has 0 spiro atoms. The first-order valence-corrected chi connectivity index (χ1v) is 7.10. The van der Waals surface area contributed by atoms with Crippen LogP contribution in [0.1, 0.15) is 36.5 Å². The second-order valence-corrected chi connectivity index (χ2v) is 5.66. The van der Waals surface area contributed by atoms with Crippen molar-refractivity contribution in [2.24, 2.45) is 0 Å². The lowest BCUT2D eigenvalue weighted by Crippen LogP contribution is -2.43. The number of rotatable bonds is 3. The van der Waals surface area contributed by atoms with Crippen molar-refractivity contribution in [3.63, 3.8) is 0 Å². The van der Waals surface area contributed by atoms with Gasteiger partial charge in [-0.1, -0.05) is 29.3 Å². The van der Waals surface area contributed by atoms with E-state index in [-0.39, 0.29) is 5.91 Å². The summed E-state index contributed by atoms with van der Waals surface area (Å²) in [6, 6.07) is 7.22. The first-order chi connectivity index (χ1) is 9.04. The summed E-state index contributed by atoms with van der Waals surface area (Å²) in [6.45, 7) is 8.64. The number of hydrogen-bond donors (Lipinski definition) is 1. The van der Waals surface area contributed by atoms with E-state index >= 15 is 0 Å². The lowest BCUT2D eigenvalue weighted by molar-refractivity contribution is -0.129. The monoisotopic (exact) mass is 260 g/mol. The fourth-order valence-electron chi connectivity index (χ4n) is 2.83. The highest BCUT2D eigenvalue weighted by Gasteiger charge is 2.19. The van der Waals surface area contributed by atoms with Gasteiger partial charge < -0.3 is 10.2 Å². The summed E-state index contributed by atoms with van der Waals surface area (Å²) in [6.07, 6.45) is 2.12. The molecule has 104 valence electrons. The van der Waals surface area contributed by atoms with Gasteiger partial charge in [0, 0.05) is 32.6 Å². The largest absolute Gasteiger partial charge is 0.343 e. The van der Waals surface area contributed by atoms with Gasteiger partial charge in [-0.2, -0.15) is 0 Å². The standard InChI is InChI=1S/C16H24N2O/c1-12-8-13(2)10-15(9-12)11-17-16-4-6-18(7-5-16)14(3)19/h8-10,16-17H,4-7,11H2,1-3H3. The molecule has 0 aliphatic carbocycles. The van der Waals surface area contributed by atoms with E-state index in [1.807, 2.05) is 4.90 Å². The summed E-state index contributed by atoms with van der Waals surface area (Å²) >= 11 is 0. The molecule has 1 aliphatic heterocycles. The Balaban J connectivity index is 1.82. The third-order valence-corrected chi connectivity index (χ3v) is 3.82. The van der Waals surface area contributed by atoms with Gasteiger partial charge in [0.1, 0.15) is 0 Å². The number of aryl methyl sites for hydroxylation is 2. The number of carbonyl (C=O) groups excluding carboxylic acids is 1. The Bertz CT molecular complexity index is 428. The van der Waals surface area contributed by atoms with Crippen molar-refractivity contribution in [1.29, 1.82) is 0 Å². The molecule has 0 saturated carbocycles. The van der Waals surface area contributed by atoms with Crippen LogP contribution in [0.5, 0.6) is 0 Å². The van der Waals surface area contributed by atoms with Crippen LogP contribution in [-0.2, 0) is 11.3 Å². The van der Waals surface area contributed by atoms with E-state index in [0.717, 1.165) is 32.5 Å². The molecule has 1 saturated heterocycles. The van der Waals surface area contributed by atoms with Crippen LogP contribution < -0.4 is 5.32 Å². The third kappa shape index (κ3) is 4.06. The number of hydrogen-bond acceptors (Lipinski definition) is 2. The van der Waals surface area contributed by atoms with E-state index in [1.54, 1.807) is 6.92 Å². The van der Waals surface area contributed by atoms with Gasteiger partial charge in [0.25, 0.3) is 0 Å². The Labute approximate surface area is 116 Å². The smallest absolute Gasteiger partial charge is 0.219 e. The average Bonchev–Trinajstić information content (AvgIpc) is 2.36. The fraction of sp³-hybridized carbons (Fsp3) is 0.562. The van der Waals surface area contributed by atoms with Crippen molar-refractivity contribution in [1.82, 2.24) is 10.2 Å². The van der Waals surface area contributed by atoms with Crippen molar-refractivity contribution in [2.45, 2.75) is 46.2 Å². The molecule has 1 N–H and O–H groups in total. The molecule has 1 aromatic carbocycles. The molecule has 1 aliphatic rings. The molecule has 0 atom stereocenters. The molecular weight excluding hydrogens is 236 g/mol. The van der Waals surface area contributed by atoms with Gasteiger partial charge in [-0.05, 0) is 32.3 Å². The number of piperidine rings is 1. The van der Waals surface area contributed by atoms with Gasteiger partial charge in [0.2, 0.25) is 5.91 Å². The fourth-order valence-corrected chi connectivity index (χ4v) is 2.83. The highest BCUT2D eigenvalue weighted by molar-refractivity contribution is 5.73. The lowest BCUT2D eigenvalue weighted by Gasteiger charge is -2.31. The number of likely N-dealkylation sites (tertiary alicyclic amines) is 1. The quantitative estimate of drug-likeness (QED) is 0.905.